The Morgan fingerprint density at radius 3 is 1.74 bits per heavy atom. The van der Waals surface area contributed by atoms with Gasteiger partial charge in [-0.1, -0.05) is 71.1 Å². The highest BCUT2D eigenvalue weighted by atomic mass is 16.5. The predicted molar refractivity (Wildman–Crippen MR) is 110 cm³/mol. The number of rotatable bonds is 20. The summed E-state index contributed by atoms with van der Waals surface area (Å²) in [5, 5.41) is 28.0. The number of hydrogen-bond donors (Lipinski definition) is 3. The molecule has 0 aliphatic rings. The third kappa shape index (κ3) is 19.9. The van der Waals surface area contributed by atoms with Crippen molar-refractivity contribution in [3.8, 4) is 0 Å². The van der Waals surface area contributed by atoms with E-state index in [1.165, 1.54) is 19.3 Å². The minimum absolute atomic E-state index is 0.112. The molecule has 0 bridgehead atoms. The Bertz CT molecular complexity index is 322. The number of aliphatic hydroxyl groups excluding tert-OH is 3. The minimum atomic E-state index is -0.541. The van der Waals surface area contributed by atoms with E-state index in [2.05, 4.69) is 0 Å². The summed E-state index contributed by atoms with van der Waals surface area (Å²) in [5.41, 5.74) is 0. The first-order chi connectivity index (χ1) is 13.1. The van der Waals surface area contributed by atoms with Crippen LogP contribution in [-0.2, 0) is 9.53 Å². The Morgan fingerprint density at radius 1 is 0.741 bits per heavy atom. The summed E-state index contributed by atoms with van der Waals surface area (Å²) in [4.78, 5) is 11.5. The van der Waals surface area contributed by atoms with Crippen LogP contribution in [0.25, 0.3) is 0 Å². The van der Waals surface area contributed by atoms with Gasteiger partial charge in [-0.3, -0.25) is 4.79 Å². The molecule has 0 aromatic rings. The molecule has 3 N–H and O–H groups in total. The van der Waals surface area contributed by atoms with E-state index in [0.29, 0.717) is 19.4 Å². The van der Waals surface area contributed by atoms with Crippen LogP contribution in [0.1, 0.15) is 110 Å². The average molecular weight is 389 g/mol. The minimum Gasteiger partial charge on any atom is -0.463 e. The van der Waals surface area contributed by atoms with E-state index in [4.69, 9.17) is 9.84 Å². The maximum absolute atomic E-state index is 11.5. The van der Waals surface area contributed by atoms with Crippen LogP contribution in [0.4, 0.5) is 0 Å². The van der Waals surface area contributed by atoms with Crippen LogP contribution < -0.4 is 0 Å². The third-order valence-electron chi connectivity index (χ3n) is 5.02. The second-order valence-corrected chi connectivity index (χ2v) is 7.69. The van der Waals surface area contributed by atoms with Crippen molar-refractivity contribution in [2.45, 2.75) is 122 Å². The number of carbonyl (C=O) groups excluding carboxylic acids is 1. The van der Waals surface area contributed by atoms with E-state index in [1.807, 2.05) is 6.92 Å². The van der Waals surface area contributed by atoms with E-state index in [0.717, 1.165) is 70.6 Å². The molecule has 0 saturated heterocycles. The number of hydrogen-bond acceptors (Lipinski definition) is 5. The van der Waals surface area contributed by atoms with Crippen LogP contribution in [0, 0.1) is 0 Å². The highest BCUT2D eigenvalue weighted by Gasteiger charge is 2.07. The number of carbonyl (C=O) groups is 1. The predicted octanol–water partition coefficient (Wildman–Crippen LogP) is 4.51. The summed E-state index contributed by atoms with van der Waals surface area (Å²) >= 11 is 0. The normalized spacial score (nSPS) is 13.5. The molecule has 0 spiro atoms. The molecule has 27 heavy (non-hydrogen) atoms. The van der Waals surface area contributed by atoms with Crippen LogP contribution in [0.3, 0.4) is 0 Å². The quantitative estimate of drug-likeness (QED) is 0.211. The largest absolute Gasteiger partial charge is 0.463 e. The van der Waals surface area contributed by atoms with Gasteiger partial charge in [0.05, 0.1) is 12.2 Å². The molecule has 5 heteroatoms. The van der Waals surface area contributed by atoms with Gasteiger partial charge in [-0.2, -0.15) is 0 Å². The van der Waals surface area contributed by atoms with Crippen molar-refractivity contribution in [1.29, 1.82) is 0 Å². The highest BCUT2D eigenvalue weighted by Crippen LogP contribution is 2.14. The van der Waals surface area contributed by atoms with E-state index in [-0.39, 0.29) is 18.7 Å². The number of unbranched alkanes of at least 4 members (excludes halogenated alkanes) is 10. The maximum Gasteiger partial charge on any atom is 0.305 e. The van der Waals surface area contributed by atoms with E-state index >= 15 is 0 Å². The lowest BCUT2D eigenvalue weighted by Crippen LogP contribution is -2.17. The smallest absolute Gasteiger partial charge is 0.305 e. The summed E-state index contributed by atoms with van der Waals surface area (Å²) in [7, 11) is 0. The van der Waals surface area contributed by atoms with Gasteiger partial charge in [0.1, 0.15) is 6.61 Å². The topological polar surface area (TPSA) is 87.0 Å². The molecule has 0 rings (SSSR count). The maximum atomic E-state index is 11.5. The fraction of sp³-hybridized carbons (Fsp3) is 0.955. The van der Waals surface area contributed by atoms with Crippen molar-refractivity contribution in [3.05, 3.63) is 0 Å². The molecule has 0 amide bonds. The zero-order valence-corrected chi connectivity index (χ0v) is 17.5. The van der Waals surface area contributed by atoms with Gasteiger partial charge in [0.25, 0.3) is 0 Å². The molecule has 2 unspecified atom stereocenters. The van der Waals surface area contributed by atoms with E-state index in [1.54, 1.807) is 0 Å². The average Bonchev–Trinajstić information content (AvgIpc) is 2.67. The molecule has 0 aromatic carbocycles. The Hall–Kier alpha value is -0.650. The number of esters is 1. The molecule has 0 heterocycles. The van der Waals surface area contributed by atoms with Crippen molar-refractivity contribution in [2.24, 2.45) is 0 Å². The lowest BCUT2D eigenvalue weighted by molar-refractivity contribution is -0.146. The molecule has 0 fully saturated rings. The number of aliphatic hydroxyl groups is 3. The Morgan fingerprint density at radius 2 is 1.22 bits per heavy atom. The fourth-order valence-electron chi connectivity index (χ4n) is 3.08. The van der Waals surface area contributed by atoms with Gasteiger partial charge in [-0.15, -0.1) is 0 Å². The Balaban J connectivity index is 3.28. The molecular weight excluding hydrogens is 344 g/mol. The van der Waals surface area contributed by atoms with E-state index < -0.39 is 6.10 Å². The molecule has 0 radical (unpaired) electrons. The van der Waals surface area contributed by atoms with Crippen LogP contribution >= 0.6 is 0 Å². The van der Waals surface area contributed by atoms with Gasteiger partial charge in [0.15, 0.2) is 0 Å². The van der Waals surface area contributed by atoms with E-state index in [9.17, 15) is 15.0 Å². The first-order valence-corrected chi connectivity index (χ1v) is 11.2. The van der Waals surface area contributed by atoms with Crippen molar-refractivity contribution in [2.75, 3.05) is 13.2 Å². The molecule has 5 nitrogen and oxygen atoms in total. The van der Waals surface area contributed by atoms with Crippen LogP contribution in [0.5, 0.6) is 0 Å². The molecule has 0 aromatic heterocycles. The molecule has 0 saturated carbocycles. The van der Waals surface area contributed by atoms with Gasteiger partial charge in [0, 0.05) is 13.0 Å². The zero-order chi connectivity index (χ0) is 20.2. The first-order valence-electron chi connectivity index (χ1n) is 11.2. The summed E-state index contributed by atoms with van der Waals surface area (Å²) < 4.78 is 5.00. The van der Waals surface area contributed by atoms with Crippen LogP contribution in [0.2, 0.25) is 0 Å². The summed E-state index contributed by atoms with van der Waals surface area (Å²) in [6, 6.07) is 0. The number of ether oxygens (including phenoxy) is 1. The standard InChI is InChI=1S/C22H44O5/c1-2-20(24)19-27-22(26)17-13-9-4-3-7-11-15-21(25)16-12-8-5-6-10-14-18-23/h20-21,23-25H,2-19H2,1H3. The monoisotopic (exact) mass is 388 g/mol. The second-order valence-electron chi connectivity index (χ2n) is 7.69. The van der Waals surface area contributed by atoms with Crippen LogP contribution in [0.15, 0.2) is 0 Å². The van der Waals surface area contributed by atoms with Crippen molar-refractivity contribution in [1.82, 2.24) is 0 Å². The second kappa shape index (κ2) is 20.1. The lowest BCUT2D eigenvalue weighted by Gasteiger charge is -2.10. The SMILES string of the molecule is CCC(O)COC(=O)CCCCCCCCC(O)CCCCCCCCO. The Labute approximate surface area is 166 Å². The first kappa shape index (κ1) is 26.4. The van der Waals surface area contributed by atoms with Gasteiger partial charge >= 0.3 is 5.97 Å². The summed E-state index contributed by atoms with van der Waals surface area (Å²) in [6.07, 6.45) is 15.2. The van der Waals surface area contributed by atoms with Gasteiger partial charge in [-0.25, -0.2) is 0 Å². The highest BCUT2D eigenvalue weighted by molar-refractivity contribution is 5.69. The summed E-state index contributed by atoms with van der Waals surface area (Å²) in [5.74, 6) is -0.209. The van der Waals surface area contributed by atoms with Gasteiger partial charge < -0.3 is 20.1 Å². The van der Waals surface area contributed by atoms with Crippen molar-refractivity contribution >= 4 is 5.97 Å². The molecular formula is C22H44O5. The molecule has 0 aliphatic carbocycles. The molecule has 0 aliphatic heterocycles. The Kier molecular flexibility index (Phi) is 19.6. The van der Waals surface area contributed by atoms with Gasteiger partial charge in [-0.05, 0) is 32.1 Å². The summed E-state index contributed by atoms with van der Waals surface area (Å²) in [6.45, 7) is 2.27. The molecule has 162 valence electrons. The van der Waals surface area contributed by atoms with Crippen LogP contribution in [-0.4, -0.2) is 46.7 Å². The van der Waals surface area contributed by atoms with Gasteiger partial charge in [0.2, 0.25) is 0 Å². The lowest BCUT2D eigenvalue weighted by atomic mass is 10.0. The third-order valence-corrected chi connectivity index (χ3v) is 5.02. The zero-order valence-electron chi connectivity index (χ0n) is 17.5. The fourth-order valence-corrected chi connectivity index (χ4v) is 3.08. The van der Waals surface area contributed by atoms with Crippen molar-refractivity contribution < 1.29 is 24.9 Å². The molecule has 2 atom stereocenters. The van der Waals surface area contributed by atoms with Crippen molar-refractivity contribution in [3.63, 3.8) is 0 Å².